The summed E-state index contributed by atoms with van der Waals surface area (Å²) in [6.07, 6.45) is 3.57. The highest BCUT2D eigenvalue weighted by Crippen LogP contribution is 2.16. The molecule has 0 aliphatic heterocycles. The average Bonchev–Trinajstić information content (AvgIpc) is 2.86. The Bertz CT molecular complexity index is 637. The number of pyridine rings is 1. The highest BCUT2D eigenvalue weighted by molar-refractivity contribution is 14.0. The van der Waals surface area contributed by atoms with Crippen molar-refractivity contribution in [3.8, 4) is 0 Å². The van der Waals surface area contributed by atoms with Crippen molar-refractivity contribution < 1.29 is 0 Å². The Balaban J connectivity index is 0.00000288. The van der Waals surface area contributed by atoms with Gasteiger partial charge in [-0.1, -0.05) is 17.7 Å². The minimum atomic E-state index is 0. The number of nitrogens with one attached hydrogen (secondary N) is 2. The quantitative estimate of drug-likeness (QED) is 0.289. The van der Waals surface area contributed by atoms with Crippen LogP contribution < -0.4 is 10.6 Å². The van der Waals surface area contributed by atoms with Crippen LogP contribution in [0.15, 0.2) is 23.3 Å². The Hall–Kier alpha value is -0.930. The fourth-order valence-corrected chi connectivity index (χ4v) is 3.08. The van der Waals surface area contributed by atoms with Gasteiger partial charge in [0.15, 0.2) is 5.96 Å². The lowest BCUT2D eigenvalue weighted by molar-refractivity contribution is 0.780. The van der Waals surface area contributed by atoms with Crippen LogP contribution in [-0.2, 0) is 12.8 Å². The van der Waals surface area contributed by atoms with E-state index in [0.717, 1.165) is 48.2 Å². The normalized spacial score (nSPS) is 11.1. The summed E-state index contributed by atoms with van der Waals surface area (Å²) in [5.41, 5.74) is 2.27. The molecule has 0 aliphatic carbocycles. The maximum atomic E-state index is 5.78. The van der Waals surface area contributed by atoms with Crippen LogP contribution in [-0.4, -0.2) is 36.1 Å². The molecule has 0 amide bonds. The number of guanidine groups is 1. The predicted molar refractivity (Wildman–Crippen MR) is 113 cm³/mol. The van der Waals surface area contributed by atoms with Gasteiger partial charge in [-0.25, -0.2) is 9.97 Å². The van der Waals surface area contributed by atoms with E-state index < -0.39 is 0 Å². The molecule has 0 spiro atoms. The molecule has 0 saturated carbocycles. The second-order valence-corrected chi connectivity index (χ2v) is 6.84. The molecule has 2 heterocycles. The maximum absolute atomic E-state index is 5.78. The number of hydrogen-bond donors (Lipinski definition) is 2. The zero-order chi connectivity index (χ0) is 16.7. The fraction of sp³-hybridized carbons (Fsp3) is 0.438. The largest absolute Gasteiger partial charge is 0.356 e. The van der Waals surface area contributed by atoms with Crippen molar-refractivity contribution in [1.82, 2.24) is 20.6 Å². The van der Waals surface area contributed by atoms with Gasteiger partial charge >= 0.3 is 0 Å². The summed E-state index contributed by atoms with van der Waals surface area (Å²) in [5, 5.41) is 8.29. The third kappa shape index (κ3) is 6.90. The molecule has 0 radical (unpaired) electrons. The van der Waals surface area contributed by atoms with Gasteiger partial charge < -0.3 is 10.6 Å². The van der Waals surface area contributed by atoms with Gasteiger partial charge in [-0.05, 0) is 31.9 Å². The summed E-state index contributed by atoms with van der Waals surface area (Å²) in [5.74, 6) is 0.803. The van der Waals surface area contributed by atoms with Crippen LogP contribution in [0.1, 0.15) is 21.1 Å². The first-order valence-corrected chi connectivity index (χ1v) is 8.76. The van der Waals surface area contributed by atoms with Crippen LogP contribution in [0.3, 0.4) is 0 Å². The standard InChI is InChI=1S/C16H22ClN5S.HI/c1-11-12(2)23-15(22-11)7-9-20-16(18-3)19-8-6-13-4-5-14(17)21-10-13;/h4-5,10H,6-9H2,1-3H3,(H2,18,19,20);1H. The highest BCUT2D eigenvalue weighted by atomic mass is 127. The van der Waals surface area contributed by atoms with Crippen LogP contribution in [0.4, 0.5) is 0 Å². The Kier molecular flexibility index (Phi) is 9.53. The highest BCUT2D eigenvalue weighted by Gasteiger charge is 2.04. The van der Waals surface area contributed by atoms with E-state index in [1.54, 1.807) is 24.6 Å². The molecule has 8 heteroatoms. The molecule has 2 aromatic heterocycles. The molecule has 2 rings (SSSR count). The van der Waals surface area contributed by atoms with Gasteiger partial charge in [-0.15, -0.1) is 35.3 Å². The summed E-state index contributed by atoms with van der Waals surface area (Å²) < 4.78 is 0. The first-order valence-electron chi connectivity index (χ1n) is 7.56. The lowest BCUT2D eigenvalue weighted by Crippen LogP contribution is -2.39. The molecule has 2 N–H and O–H groups in total. The molecule has 0 atom stereocenters. The number of aliphatic imine (C=N–C) groups is 1. The van der Waals surface area contributed by atoms with Crippen molar-refractivity contribution in [2.45, 2.75) is 26.7 Å². The van der Waals surface area contributed by atoms with Crippen molar-refractivity contribution >= 4 is 52.9 Å². The van der Waals surface area contributed by atoms with Gasteiger partial charge in [-0.2, -0.15) is 0 Å². The van der Waals surface area contributed by atoms with E-state index in [1.807, 2.05) is 12.1 Å². The van der Waals surface area contributed by atoms with E-state index >= 15 is 0 Å². The number of rotatable bonds is 6. The van der Waals surface area contributed by atoms with Crippen molar-refractivity contribution in [2.75, 3.05) is 20.1 Å². The molecule has 0 aliphatic rings. The zero-order valence-corrected chi connectivity index (χ0v) is 18.0. The van der Waals surface area contributed by atoms with Gasteiger partial charge in [0.05, 0.1) is 10.7 Å². The van der Waals surface area contributed by atoms with Crippen molar-refractivity contribution in [1.29, 1.82) is 0 Å². The molecule has 0 unspecified atom stereocenters. The molecular formula is C16H23ClIN5S. The van der Waals surface area contributed by atoms with Gasteiger partial charge in [0, 0.05) is 37.6 Å². The van der Waals surface area contributed by atoms with Gasteiger partial charge in [0.25, 0.3) is 0 Å². The first kappa shape index (κ1) is 21.1. The van der Waals surface area contributed by atoms with E-state index in [9.17, 15) is 0 Å². The minimum Gasteiger partial charge on any atom is -0.356 e. The molecule has 0 fully saturated rings. The fourth-order valence-electron chi connectivity index (χ4n) is 2.03. The van der Waals surface area contributed by atoms with Gasteiger partial charge in [-0.3, -0.25) is 4.99 Å². The van der Waals surface area contributed by atoms with Crippen LogP contribution in [0.5, 0.6) is 0 Å². The molecule has 0 saturated heterocycles. The summed E-state index contributed by atoms with van der Waals surface area (Å²) >= 11 is 7.54. The van der Waals surface area contributed by atoms with Crippen LogP contribution >= 0.6 is 46.9 Å². The molecule has 5 nitrogen and oxygen atoms in total. The third-order valence-electron chi connectivity index (χ3n) is 3.42. The maximum Gasteiger partial charge on any atom is 0.191 e. The van der Waals surface area contributed by atoms with Gasteiger partial charge in [0.1, 0.15) is 5.15 Å². The van der Waals surface area contributed by atoms with E-state index in [1.165, 1.54) is 4.88 Å². The predicted octanol–water partition coefficient (Wildman–Crippen LogP) is 3.38. The van der Waals surface area contributed by atoms with Crippen molar-refractivity contribution in [3.05, 3.63) is 44.6 Å². The number of aromatic nitrogens is 2. The van der Waals surface area contributed by atoms with Crippen LogP contribution in [0, 0.1) is 13.8 Å². The summed E-state index contributed by atoms with van der Waals surface area (Å²) in [6.45, 7) is 5.76. The first-order chi connectivity index (χ1) is 11.1. The molecule has 2 aromatic rings. The van der Waals surface area contributed by atoms with E-state index in [0.29, 0.717) is 5.15 Å². The Morgan fingerprint density at radius 2 is 1.92 bits per heavy atom. The van der Waals surface area contributed by atoms with Crippen molar-refractivity contribution in [2.24, 2.45) is 4.99 Å². The Morgan fingerprint density at radius 3 is 2.46 bits per heavy atom. The van der Waals surface area contributed by atoms with E-state index in [-0.39, 0.29) is 24.0 Å². The molecule has 0 bridgehead atoms. The van der Waals surface area contributed by atoms with Crippen LogP contribution in [0.2, 0.25) is 5.15 Å². The summed E-state index contributed by atoms with van der Waals surface area (Å²) in [6, 6.07) is 3.79. The van der Waals surface area contributed by atoms with Crippen LogP contribution in [0.25, 0.3) is 0 Å². The molecule has 24 heavy (non-hydrogen) atoms. The van der Waals surface area contributed by atoms with E-state index in [2.05, 4.69) is 39.4 Å². The Morgan fingerprint density at radius 1 is 1.21 bits per heavy atom. The van der Waals surface area contributed by atoms with E-state index in [4.69, 9.17) is 11.6 Å². The number of halogens is 2. The minimum absolute atomic E-state index is 0. The number of aryl methyl sites for hydroxylation is 2. The second kappa shape index (κ2) is 10.8. The lowest BCUT2D eigenvalue weighted by atomic mass is 10.2. The monoisotopic (exact) mass is 479 g/mol. The number of thiazole rings is 1. The Labute approximate surface area is 169 Å². The zero-order valence-electron chi connectivity index (χ0n) is 14.1. The van der Waals surface area contributed by atoms with Crippen molar-refractivity contribution in [3.63, 3.8) is 0 Å². The second-order valence-electron chi connectivity index (χ2n) is 5.16. The number of nitrogens with zero attached hydrogens (tertiary/aromatic N) is 3. The number of hydrogen-bond acceptors (Lipinski definition) is 4. The summed E-state index contributed by atoms with van der Waals surface area (Å²) in [7, 11) is 1.77. The topological polar surface area (TPSA) is 62.2 Å². The average molecular weight is 480 g/mol. The lowest BCUT2D eigenvalue weighted by Gasteiger charge is -2.11. The molecule has 0 aromatic carbocycles. The molecule has 132 valence electrons. The smallest absolute Gasteiger partial charge is 0.191 e. The SMILES string of the molecule is CN=C(NCCc1ccc(Cl)nc1)NCCc1nc(C)c(C)s1.I. The van der Waals surface area contributed by atoms with Gasteiger partial charge in [0.2, 0.25) is 0 Å². The third-order valence-corrected chi connectivity index (χ3v) is 4.78. The molecular weight excluding hydrogens is 457 g/mol. The summed E-state index contributed by atoms with van der Waals surface area (Å²) in [4.78, 5) is 14.1.